The number of nitrogens with one attached hydrogen (secondary N) is 2. The number of thioether (sulfide) groups is 1. The van der Waals surface area contributed by atoms with E-state index in [0.29, 0.717) is 17.5 Å². The van der Waals surface area contributed by atoms with Crippen molar-refractivity contribution in [2.75, 3.05) is 19.4 Å². The molecule has 0 atom stereocenters. The third kappa shape index (κ3) is 5.49. The van der Waals surface area contributed by atoms with Gasteiger partial charge in [-0.1, -0.05) is 55.6 Å². The molecular weight excluding hydrogens is 348 g/mol. The SMILES string of the molecule is COc1ccccc1CCNC(=O)CSc1n[nH]c(CC2CCCC2)n1. The first kappa shape index (κ1) is 18.8. The number of H-pyrrole nitrogens is 1. The summed E-state index contributed by atoms with van der Waals surface area (Å²) in [5.74, 6) is 2.85. The molecule has 1 aromatic heterocycles. The lowest BCUT2D eigenvalue weighted by molar-refractivity contribution is -0.118. The van der Waals surface area contributed by atoms with Crippen molar-refractivity contribution in [3.63, 3.8) is 0 Å². The van der Waals surface area contributed by atoms with Crippen LogP contribution in [0.4, 0.5) is 0 Å². The average molecular weight is 375 g/mol. The van der Waals surface area contributed by atoms with Gasteiger partial charge in [-0.3, -0.25) is 9.89 Å². The maximum Gasteiger partial charge on any atom is 0.230 e. The highest BCUT2D eigenvalue weighted by atomic mass is 32.2. The van der Waals surface area contributed by atoms with Gasteiger partial charge in [0, 0.05) is 13.0 Å². The van der Waals surface area contributed by atoms with Crippen molar-refractivity contribution < 1.29 is 9.53 Å². The predicted molar refractivity (Wildman–Crippen MR) is 102 cm³/mol. The summed E-state index contributed by atoms with van der Waals surface area (Å²) in [6.07, 6.45) is 6.95. The van der Waals surface area contributed by atoms with Crippen molar-refractivity contribution in [1.29, 1.82) is 0 Å². The van der Waals surface area contributed by atoms with E-state index in [1.807, 2.05) is 24.3 Å². The third-order valence-corrected chi connectivity index (χ3v) is 5.56. The molecule has 0 aliphatic heterocycles. The molecule has 1 heterocycles. The van der Waals surface area contributed by atoms with E-state index in [9.17, 15) is 4.79 Å². The molecule has 0 saturated heterocycles. The van der Waals surface area contributed by atoms with Crippen molar-refractivity contribution in [3.8, 4) is 5.75 Å². The van der Waals surface area contributed by atoms with Crippen molar-refractivity contribution in [2.24, 2.45) is 5.92 Å². The van der Waals surface area contributed by atoms with Gasteiger partial charge in [-0.25, -0.2) is 4.98 Å². The van der Waals surface area contributed by atoms with E-state index in [-0.39, 0.29) is 5.91 Å². The van der Waals surface area contributed by atoms with Crippen LogP contribution < -0.4 is 10.1 Å². The molecule has 26 heavy (non-hydrogen) atoms. The van der Waals surface area contributed by atoms with E-state index < -0.39 is 0 Å². The zero-order valence-electron chi connectivity index (χ0n) is 15.2. The smallest absolute Gasteiger partial charge is 0.230 e. The molecule has 1 aromatic carbocycles. The molecule has 0 bridgehead atoms. The largest absolute Gasteiger partial charge is 0.496 e. The Balaban J connectivity index is 1.37. The lowest BCUT2D eigenvalue weighted by Gasteiger charge is -2.08. The Hall–Kier alpha value is -2.02. The fourth-order valence-electron chi connectivity index (χ4n) is 3.35. The number of aromatic nitrogens is 3. The van der Waals surface area contributed by atoms with Crippen molar-refractivity contribution in [1.82, 2.24) is 20.5 Å². The van der Waals surface area contributed by atoms with E-state index in [2.05, 4.69) is 20.5 Å². The van der Waals surface area contributed by atoms with E-state index in [4.69, 9.17) is 4.74 Å². The second kappa shape index (κ2) is 9.62. The number of benzene rings is 1. The highest BCUT2D eigenvalue weighted by Gasteiger charge is 2.17. The van der Waals surface area contributed by atoms with Crippen LogP contribution in [0.5, 0.6) is 5.75 Å². The first-order chi connectivity index (χ1) is 12.7. The molecule has 2 N–H and O–H groups in total. The predicted octanol–water partition coefficient (Wildman–Crippen LogP) is 3.00. The molecule has 6 nitrogen and oxygen atoms in total. The molecule has 0 unspecified atom stereocenters. The first-order valence-electron chi connectivity index (χ1n) is 9.17. The van der Waals surface area contributed by atoms with Crippen LogP contribution in [0, 0.1) is 5.92 Å². The molecule has 7 heteroatoms. The molecule has 1 amide bonds. The minimum absolute atomic E-state index is 0.00737. The number of hydrogen-bond donors (Lipinski definition) is 2. The molecule has 140 valence electrons. The minimum atomic E-state index is -0.00737. The molecule has 1 aliphatic rings. The number of nitrogens with zero attached hydrogens (tertiary/aromatic N) is 2. The first-order valence-corrected chi connectivity index (χ1v) is 10.2. The maximum absolute atomic E-state index is 12.0. The third-order valence-electron chi connectivity index (χ3n) is 4.71. The summed E-state index contributed by atoms with van der Waals surface area (Å²) in [4.78, 5) is 16.5. The second-order valence-corrected chi connectivity index (χ2v) is 7.56. The average Bonchev–Trinajstić information content (AvgIpc) is 3.33. The van der Waals surface area contributed by atoms with Crippen LogP contribution in [0.1, 0.15) is 37.1 Å². The standard InChI is InChI=1S/C19H26N4O2S/c1-25-16-9-5-4-8-15(16)10-11-20-18(24)13-26-19-21-17(22-23-19)12-14-6-2-3-7-14/h4-5,8-9,14H,2-3,6-7,10-13H2,1H3,(H,20,24)(H,21,22,23). The van der Waals surface area contributed by atoms with Crippen LogP contribution in [-0.4, -0.2) is 40.5 Å². The van der Waals surface area contributed by atoms with Gasteiger partial charge in [-0.05, 0) is 24.0 Å². The van der Waals surface area contributed by atoms with E-state index in [1.54, 1.807) is 7.11 Å². The zero-order valence-corrected chi connectivity index (χ0v) is 16.0. The molecular formula is C19H26N4O2S. The van der Waals surface area contributed by atoms with Crippen LogP contribution in [0.25, 0.3) is 0 Å². The van der Waals surface area contributed by atoms with Crippen molar-refractivity contribution in [3.05, 3.63) is 35.7 Å². The Labute approximate surface area is 158 Å². The minimum Gasteiger partial charge on any atom is -0.496 e. The summed E-state index contributed by atoms with van der Waals surface area (Å²) in [5, 5.41) is 10.8. The lowest BCUT2D eigenvalue weighted by Crippen LogP contribution is -2.27. The summed E-state index contributed by atoms with van der Waals surface area (Å²) in [6.45, 7) is 0.584. The number of aromatic amines is 1. The number of hydrogen-bond acceptors (Lipinski definition) is 5. The molecule has 3 rings (SSSR count). The Morgan fingerprint density at radius 3 is 2.96 bits per heavy atom. The zero-order chi connectivity index (χ0) is 18.2. The van der Waals surface area contributed by atoms with Gasteiger partial charge in [0.15, 0.2) is 0 Å². The monoisotopic (exact) mass is 374 g/mol. The van der Waals surface area contributed by atoms with Gasteiger partial charge in [-0.2, -0.15) is 0 Å². The lowest BCUT2D eigenvalue weighted by atomic mass is 10.0. The normalized spacial score (nSPS) is 14.5. The van der Waals surface area contributed by atoms with Gasteiger partial charge in [0.25, 0.3) is 0 Å². The summed E-state index contributed by atoms with van der Waals surface area (Å²) in [6, 6.07) is 7.86. The van der Waals surface area contributed by atoms with Gasteiger partial charge in [0.1, 0.15) is 11.6 Å². The number of methoxy groups -OCH3 is 1. The van der Waals surface area contributed by atoms with Gasteiger partial charge in [-0.15, -0.1) is 5.10 Å². The number of rotatable bonds is 9. The Morgan fingerprint density at radius 2 is 2.15 bits per heavy atom. The Bertz CT molecular complexity index is 713. The summed E-state index contributed by atoms with van der Waals surface area (Å²) < 4.78 is 5.32. The number of carbonyl (C=O) groups is 1. The van der Waals surface area contributed by atoms with Gasteiger partial charge < -0.3 is 10.1 Å². The van der Waals surface area contributed by atoms with Gasteiger partial charge in [0.05, 0.1) is 12.9 Å². The van der Waals surface area contributed by atoms with Crippen molar-refractivity contribution >= 4 is 17.7 Å². The number of para-hydroxylation sites is 1. The van der Waals surface area contributed by atoms with E-state index in [0.717, 1.165) is 35.9 Å². The van der Waals surface area contributed by atoms with Crippen LogP contribution in [0.2, 0.25) is 0 Å². The highest BCUT2D eigenvalue weighted by molar-refractivity contribution is 7.99. The Kier molecular flexibility index (Phi) is 6.94. The summed E-state index contributed by atoms with van der Waals surface area (Å²) >= 11 is 1.37. The van der Waals surface area contributed by atoms with E-state index in [1.165, 1.54) is 37.4 Å². The second-order valence-electron chi connectivity index (χ2n) is 6.62. The molecule has 0 spiro atoms. The molecule has 1 saturated carbocycles. The van der Waals surface area contributed by atoms with Crippen LogP contribution in [0.15, 0.2) is 29.4 Å². The summed E-state index contributed by atoms with van der Waals surface area (Å²) in [7, 11) is 1.66. The van der Waals surface area contributed by atoms with Crippen LogP contribution in [-0.2, 0) is 17.6 Å². The topological polar surface area (TPSA) is 79.9 Å². The fourth-order valence-corrected chi connectivity index (χ4v) is 4.00. The molecule has 1 fully saturated rings. The fraction of sp³-hybridized carbons (Fsp3) is 0.526. The maximum atomic E-state index is 12.0. The summed E-state index contributed by atoms with van der Waals surface area (Å²) in [5.41, 5.74) is 1.09. The molecule has 1 aliphatic carbocycles. The van der Waals surface area contributed by atoms with Gasteiger partial charge in [0.2, 0.25) is 11.1 Å². The van der Waals surface area contributed by atoms with Crippen molar-refractivity contribution in [2.45, 2.75) is 43.7 Å². The quantitative estimate of drug-likeness (QED) is 0.660. The molecule has 0 radical (unpaired) electrons. The number of amides is 1. The number of ether oxygens (including phenoxy) is 1. The molecule has 2 aromatic rings. The van der Waals surface area contributed by atoms with Crippen LogP contribution in [0.3, 0.4) is 0 Å². The highest BCUT2D eigenvalue weighted by Crippen LogP contribution is 2.27. The number of carbonyl (C=O) groups excluding carboxylic acids is 1. The Morgan fingerprint density at radius 1 is 1.35 bits per heavy atom. The van der Waals surface area contributed by atoms with E-state index >= 15 is 0 Å². The van der Waals surface area contributed by atoms with Gasteiger partial charge >= 0.3 is 0 Å². The van der Waals surface area contributed by atoms with Crippen LogP contribution >= 0.6 is 11.8 Å².